The van der Waals surface area contributed by atoms with Gasteiger partial charge in [-0.2, -0.15) is 0 Å². The van der Waals surface area contributed by atoms with E-state index in [1.807, 2.05) is 61.5 Å². The number of rotatable bonds is 5. The number of nitrogens with zero attached hydrogens (tertiary/aromatic N) is 2. The molecule has 0 saturated carbocycles. The lowest BCUT2D eigenvalue weighted by molar-refractivity contribution is -0.132. The minimum Gasteiger partial charge on any atom is -0.507 e. The minimum absolute atomic E-state index is 0.0277. The van der Waals surface area contributed by atoms with E-state index in [0.29, 0.717) is 23.4 Å². The first-order valence-electron chi connectivity index (χ1n) is 12.7. The number of aromatic nitrogens is 1. The van der Waals surface area contributed by atoms with Crippen LogP contribution in [-0.4, -0.2) is 28.4 Å². The molecule has 1 saturated heterocycles. The Morgan fingerprint density at radius 1 is 1.00 bits per heavy atom. The molecule has 1 amide bonds. The number of aliphatic hydroxyl groups is 1. The third-order valence-electron chi connectivity index (χ3n) is 6.83. The summed E-state index contributed by atoms with van der Waals surface area (Å²) in [6, 6.07) is 21.4. The molecule has 1 unspecified atom stereocenters. The van der Waals surface area contributed by atoms with Crippen molar-refractivity contribution in [3.8, 4) is 5.75 Å². The van der Waals surface area contributed by atoms with Crippen LogP contribution in [0.25, 0.3) is 16.5 Å². The summed E-state index contributed by atoms with van der Waals surface area (Å²) in [5.41, 5.74) is 2.31. The Hall–Kier alpha value is -4.45. The number of hydrogen-bond donors (Lipinski definition) is 1. The Morgan fingerprint density at radius 3 is 2.47 bits per heavy atom. The van der Waals surface area contributed by atoms with Crippen LogP contribution in [0.15, 0.2) is 90.8 Å². The SMILES string of the molecule is CCOc1ccc(/C(O)=C2\C(=O)C(=O)N(c3cccc4ccccc34)C2c2cccnc2)cc1C(C)(C)C. The number of ketones is 1. The number of aliphatic hydroxyl groups excluding tert-OH is 1. The summed E-state index contributed by atoms with van der Waals surface area (Å²) < 4.78 is 5.83. The number of pyridine rings is 1. The lowest BCUT2D eigenvalue weighted by atomic mass is 9.84. The average Bonchev–Trinajstić information content (AvgIpc) is 3.18. The van der Waals surface area contributed by atoms with E-state index in [-0.39, 0.29) is 16.7 Å². The molecule has 4 aromatic rings. The van der Waals surface area contributed by atoms with Gasteiger partial charge in [0.2, 0.25) is 0 Å². The van der Waals surface area contributed by atoms with Crippen molar-refractivity contribution in [2.24, 2.45) is 0 Å². The van der Waals surface area contributed by atoms with E-state index in [1.165, 1.54) is 4.90 Å². The molecular weight excluding hydrogens is 476 g/mol. The number of benzene rings is 3. The van der Waals surface area contributed by atoms with Crippen LogP contribution in [0.4, 0.5) is 5.69 Å². The fourth-order valence-corrected chi connectivity index (χ4v) is 5.05. The molecule has 5 rings (SSSR count). The summed E-state index contributed by atoms with van der Waals surface area (Å²) in [6.07, 6.45) is 3.26. The van der Waals surface area contributed by atoms with Crippen LogP contribution in [0, 0.1) is 0 Å². The zero-order valence-corrected chi connectivity index (χ0v) is 21.9. The van der Waals surface area contributed by atoms with Gasteiger partial charge < -0.3 is 9.84 Å². The van der Waals surface area contributed by atoms with Crippen LogP contribution in [0.5, 0.6) is 5.75 Å². The highest BCUT2D eigenvalue weighted by Gasteiger charge is 2.47. The van der Waals surface area contributed by atoms with E-state index in [0.717, 1.165) is 22.1 Å². The zero-order valence-electron chi connectivity index (χ0n) is 21.9. The fourth-order valence-electron chi connectivity index (χ4n) is 5.05. The number of carbonyl (C=O) groups excluding carboxylic acids is 2. The standard InChI is InChI=1S/C32H30N2O4/c1-5-38-26-16-15-21(18-24(26)32(2,3)4)29(35)27-28(22-12-9-17-33-19-22)34(31(37)30(27)36)25-14-8-11-20-10-6-7-13-23(20)25/h6-19,28,35H,5H2,1-4H3/b29-27+. The predicted octanol–water partition coefficient (Wildman–Crippen LogP) is 6.56. The number of amides is 1. The Labute approximate surface area is 222 Å². The molecule has 1 aromatic heterocycles. The molecule has 192 valence electrons. The summed E-state index contributed by atoms with van der Waals surface area (Å²) >= 11 is 0. The smallest absolute Gasteiger partial charge is 0.300 e. The van der Waals surface area contributed by atoms with Crippen molar-refractivity contribution in [3.63, 3.8) is 0 Å². The lowest BCUT2D eigenvalue weighted by Gasteiger charge is -2.27. The molecule has 3 aromatic carbocycles. The van der Waals surface area contributed by atoms with E-state index in [9.17, 15) is 14.7 Å². The molecule has 1 N–H and O–H groups in total. The minimum atomic E-state index is -0.848. The van der Waals surface area contributed by atoms with Crippen molar-refractivity contribution in [1.82, 2.24) is 4.98 Å². The molecule has 1 fully saturated rings. The van der Waals surface area contributed by atoms with Gasteiger partial charge in [-0.05, 0) is 53.6 Å². The van der Waals surface area contributed by atoms with Crippen molar-refractivity contribution in [2.75, 3.05) is 11.5 Å². The number of Topliss-reactive ketones (excluding diaryl/α,β-unsaturated/α-hetero) is 1. The van der Waals surface area contributed by atoms with Gasteiger partial charge in [0, 0.05) is 28.9 Å². The van der Waals surface area contributed by atoms with Crippen molar-refractivity contribution in [2.45, 2.75) is 39.2 Å². The van der Waals surface area contributed by atoms with Gasteiger partial charge in [0.25, 0.3) is 11.7 Å². The normalized spacial score (nSPS) is 17.3. The van der Waals surface area contributed by atoms with Gasteiger partial charge in [0.1, 0.15) is 11.5 Å². The molecule has 1 aliphatic rings. The molecular formula is C32H30N2O4. The summed E-state index contributed by atoms with van der Waals surface area (Å²) in [5, 5.41) is 13.4. The third kappa shape index (κ3) is 4.32. The highest BCUT2D eigenvalue weighted by molar-refractivity contribution is 6.52. The van der Waals surface area contributed by atoms with Crippen molar-refractivity contribution >= 4 is 33.9 Å². The largest absolute Gasteiger partial charge is 0.507 e. The second-order valence-corrected chi connectivity index (χ2v) is 10.3. The van der Waals surface area contributed by atoms with Gasteiger partial charge >= 0.3 is 0 Å². The zero-order chi connectivity index (χ0) is 27.0. The molecule has 0 bridgehead atoms. The fraction of sp³-hybridized carbons (Fsp3) is 0.219. The average molecular weight is 507 g/mol. The maximum atomic E-state index is 13.6. The molecule has 2 heterocycles. The monoisotopic (exact) mass is 506 g/mol. The predicted molar refractivity (Wildman–Crippen MR) is 149 cm³/mol. The number of hydrogen-bond acceptors (Lipinski definition) is 5. The molecule has 1 atom stereocenters. The molecule has 6 heteroatoms. The van der Waals surface area contributed by atoms with Crippen LogP contribution in [-0.2, 0) is 15.0 Å². The van der Waals surface area contributed by atoms with E-state index in [2.05, 4.69) is 25.8 Å². The Balaban J connectivity index is 1.75. The summed E-state index contributed by atoms with van der Waals surface area (Å²) in [7, 11) is 0. The quantitative estimate of drug-likeness (QED) is 0.188. The second-order valence-electron chi connectivity index (χ2n) is 10.3. The van der Waals surface area contributed by atoms with Crippen molar-refractivity contribution in [1.29, 1.82) is 0 Å². The van der Waals surface area contributed by atoms with Crippen molar-refractivity contribution < 1.29 is 19.4 Å². The maximum absolute atomic E-state index is 13.6. The number of carbonyl (C=O) groups is 2. The van der Waals surface area contributed by atoms with Crippen LogP contribution < -0.4 is 9.64 Å². The van der Waals surface area contributed by atoms with Crippen LogP contribution >= 0.6 is 0 Å². The van der Waals surface area contributed by atoms with E-state index in [1.54, 1.807) is 30.6 Å². The van der Waals surface area contributed by atoms with Gasteiger partial charge in [0.05, 0.1) is 23.9 Å². The van der Waals surface area contributed by atoms with Crippen LogP contribution in [0.3, 0.4) is 0 Å². The topological polar surface area (TPSA) is 79.7 Å². The second kappa shape index (κ2) is 9.78. The highest BCUT2D eigenvalue weighted by Crippen LogP contribution is 2.44. The molecule has 1 aliphatic heterocycles. The van der Waals surface area contributed by atoms with Gasteiger partial charge in [-0.3, -0.25) is 19.5 Å². The van der Waals surface area contributed by atoms with Crippen molar-refractivity contribution in [3.05, 3.63) is 107 Å². The third-order valence-corrected chi connectivity index (χ3v) is 6.83. The number of fused-ring (bicyclic) bond motifs is 1. The van der Waals surface area contributed by atoms with E-state index in [4.69, 9.17) is 4.74 Å². The molecule has 0 radical (unpaired) electrons. The van der Waals surface area contributed by atoms with Gasteiger partial charge in [0.15, 0.2) is 0 Å². The first kappa shape index (κ1) is 25.2. The molecule has 0 spiro atoms. The first-order chi connectivity index (χ1) is 18.2. The highest BCUT2D eigenvalue weighted by atomic mass is 16.5. The Bertz CT molecular complexity index is 1560. The van der Waals surface area contributed by atoms with Crippen LogP contribution in [0.2, 0.25) is 0 Å². The van der Waals surface area contributed by atoms with E-state index < -0.39 is 17.7 Å². The van der Waals surface area contributed by atoms with Gasteiger partial charge in [-0.25, -0.2) is 0 Å². The number of ether oxygens (including phenoxy) is 1. The lowest BCUT2D eigenvalue weighted by Crippen LogP contribution is -2.29. The summed E-state index contributed by atoms with van der Waals surface area (Å²) in [6.45, 7) is 8.60. The Morgan fingerprint density at radius 2 is 1.76 bits per heavy atom. The number of anilines is 1. The van der Waals surface area contributed by atoms with Gasteiger partial charge in [-0.15, -0.1) is 0 Å². The summed E-state index contributed by atoms with van der Waals surface area (Å²) in [5.74, 6) is -0.945. The van der Waals surface area contributed by atoms with Gasteiger partial charge in [-0.1, -0.05) is 63.2 Å². The van der Waals surface area contributed by atoms with E-state index >= 15 is 0 Å². The molecule has 6 nitrogen and oxygen atoms in total. The summed E-state index contributed by atoms with van der Waals surface area (Å²) in [4.78, 5) is 33.0. The maximum Gasteiger partial charge on any atom is 0.300 e. The molecule has 0 aliphatic carbocycles. The molecule has 38 heavy (non-hydrogen) atoms. The first-order valence-corrected chi connectivity index (χ1v) is 12.7. The Kier molecular flexibility index (Phi) is 6.49. The van der Waals surface area contributed by atoms with Crippen LogP contribution in [0.1, 0.15) is 50.4 Å².